The molecule has 0 aliphatic carbocycles. The third-order valence-corrected chi connectivity index (χ3v) is 2.37. The van der Waals surface area contributed by atoms with Gasteiger partial charge in [-0.15, -0.1) is 0 Å². The Morgan fingerprint density at radius 2 is 2.18 bits per heavy atom. The molecule has 2 rings (SSSR count). The Hall–Kier alpha value is -2.30. The van der Waals surface area contributed by atoms with Crippen LogP contribution in [0.2, 0.25) is 0 Å². The number of carbonyl (C=O) groups excluding carboxylic acids is 1. The summed E-state index contributed by atoms with van der Waals surface area (Å²) in [5, 5.41) is 2.89. The Morgan fingerprint density at radius 3 is 2.82 bits per heavy atom. The maximum Gasteiger partial charge on any atom is 0.152 e. The van der Waals surface area contributed by atoms with Crippen LogP contribution >= 0.6 is 0 Å². The number of hydrogen-bond donors (Lipinski definition) is 1. The first-order valence-electron chi connectivity index (χ1n) is 4.99. The molecule has 17 heavy (non-hydrogen) atoms. The first-order chi connectivity index (χ1) is 8.22. The summed E-state index contributed by atoms with van der Waals surface area (Å²) in [6.45, 7) is 1.60. The molecule has 1 aromatic carbocycles. The minimum atomic E-state index is -0.373. The molecule has 0 radical (unpaired) electrons. The van der Waals surface area contributed by atoms with Crippen molar-refractivity contribution in [3.63, 3.8) is 0 Å². The highest BCUT2D eigenvalue weighted by atomic mass is 19.1. The zero-order valence-corrected chi connectivity index (χ0v) is 9.14. The van der Waals surface area contributed by atoms with Crippen molar-refractivity contribution < 1.29 is 9.18 Å². The fourth-order valence-corrected chi connectivity index (χ4v) is 1.46. The number of nitrogens with one attached hydrogen (secondary N) is 1. The SMILES string of the molecule is Cc1c(F)ccc(C=O)c1Nc1cnccn1. The van der Waals surface area contributed by atoms with Gasteiger partial charge in [0.2, 0.25) is 0 Å². The summed E-state index contributed by atoms with van der Waals surface area (Å²) < 4.78 is 13.4. The summed E-state index contributed by atoms with van der Waals surface area (Å²) in [7, 11) is 0. The lowest BCUT2D eigenvalue weighted by atomic mass is 10.1. The van der Waals surface area contributed by atoms with E-state index in [1.54, 1.807) is 6.92 Å². The van der Waals surface area contributed by atoms with Crippen molar-refractivity contribution in [2.24, 2.45) is 0 Å². The van der Waals surface area contributed by atoms with Crippen LogP contribution in [0.5, 0.6) is 0 Å². The van der Waals surface area contributed by atoms with Crippen molar-refractivity contribution in [1.82, 2.24) is 9.97 Å². The molecule has 1 heterocycles. The number of nitrogens with zero attached hydrogens (tertiary/aromatic N) is 2. The molecule has 1 N–H and O–H groups in total. The zero-order valence-electron chi connectivity index (χ0n) is 9.14. The van der Waals surface area contributed by atoms with Gasteiger partial charge in [-0.3, -0.25) is 9.78 Å². The largest absolute Gasteiger partial charge is 0.338 e. The van der Waals surface area contributed by atoms with Gasteiger partial charge in [0.25, 0.3) is 0 Å². The topological polar surface area (TPSA) is 54.9 Å². The Bertz CT molecular complexity index is 543. The van der Waals surface area contributed by atoms with Crippen LogP contribution in [0.15, 0.2) is 30.7 Å². The summed E-state index contributed by atoms with van der Waals surface area (Å²) in [4.78, 5) is 18.8. The second-order valence-electron chi connectivity index (χ2n) is 3.47. The predicted molar refractivity (Wildman–Crippen MR) is 61.8 cm³/mol. The van der Waals surface area contributed by atoms with E-state index in [1.165, 1.54) is 30.7 Å². The van der Waals surface area contributed by atoms with Gasteiger partial charge in [-0.1, -0.05) is 0 Å². The van der Waals surface area contributed by atoms with E-state index in [2.05, 4.69) is 15.3 Å². The number of halogens is 1. The van der Waals surface area contributed by atoms with Gasteiger partial charge < -0.3 is 5.32 Å². The van der Waals surface area contributed by atoms with Crippen LogP contribution in [0.1, 0.15) is 15.9 Å². The second kappa shape index (κ2) is 4.69. The smallest absolute Gasteiger partial charge is 0.152 e. The van der Waals surface area contributed by atoms with Gasteiger partial charge >= 0.3 is 0 Å². The second-order valence-corrected chi connectivity index (χ2v) is 3.47. The normalized spacial score (nSPS) is 10.0. The van der Waals surface area contributed by atoms with Crippen molar-refractivity contribution in [3.8, 4) is 0 Å². The van der Waals surface area contributed by atoms with Gasteiger partial charge in [0, 0.05) is 23.5 Å². The third-order valence-electron chi connectivity index (χ3n) is 2.37. The van der Waals surface area contributed by atoms with Crippen LogP contribution in [0.4, 0.5) is 15.9 Å². The van der Waals surface area contributed by atoms with Gasteiger partial charge in [0.05, 0.1) is 11.9 Å². The van der Waals surface area contributed by atoms with Gasteiger partial charge in [0.15, 0.2) is 6.29 Å². The fraction of sp³-hybridized carbons (Fsp3) is 0.0833. The third kappa shape index (κ3) is 2.28. The Balaban J connectivity index is 2.44. The summed E-state index contributed by atoms with van der Waals surface area (Å²) >= 11 is 0. The van der Waals surface area contributed by atoms with E-state index in [0.717, 1.165) is 0 Å². The van der Waals surface area contributed by atoms with Gasteiger partial charge in [-0.25, -0.2) is 9.37 Å². The molecule has 0 saturated carbocycles. The van der Waals surface area contributed by atoms with Crippen molar-refractivity contribution >= 4 is 17.8 Å². The number of benzene rings is 1. The molecule has 4 nitrogen and oxygen atoms in total. The van der Waals surface area contributed by atoms with Gasteiger partial charge in [0.1, 0.15) is 11.6 Å². The quantitative estimate of drug-likeness (QED) is 0.824. The molecule has 1 aromatic heterocycles. The highest BCUT2D eigenvalue weighted by molar-refractivity contribution is 5.87. The lowest BCUT2D eigenvalue weighted by Gasteiger charge is -2.11. The standard InChI is InChI=1S/C12H10FN3O/c1-8-10(13)3-2-9(7-17)12(8)16-11-6-14-4-5-15-11/h2-7H,1H3,(H,15,16). The maximum atomic E-state index is 13.4. The number of hydrogen-bond acceptors (Lipinski definition) is 4. The summed E-state index contributed by atoms with van der Waals surface area (Å²) in [5.74, 6) is 0.0892. The number of aromatic nitrogens is 2. The van der Waals surface area contributed by atoms with E-state index in [-0.39, 0.29) is 5.82 Å². The molecule has 0 bridgehead atoms. The molecule has 86 valence electrons. The van der Waals surface area contributed by atoms with E-state index >= 15 is 0 Å². The highest BCUT2D eigenvalue weighted by Crippen LogP contribution is 2.24. The first-order valence-corrected chi connectivity index (χ1v) is 4.99. The van der Waals surface area contributed by atoms with E-state index in [1.807, 2.05) is 0 Å². The molecular weight excluding hydrogens is 221 g/mol. The summed E-state index contributed by atoms with van der Waals surface area (Å²) in [5.41, 5.74) is 1.18. The average Bonchev–Trinajstić information content (AvgIpc) is 2.37. The van der Waals surface area contributed by atoms with Crippen LogP contribution in [0.25, 0.3) is 0 Å². The molecule has 0 unspecified atom stereocenters. The molecule has 0 aliphatic heterocycles. The molecule has 2 aromatic rings. The Labute approximate surface area is 97.5 Å². The molecular formula is C12H10FN3O. The average molecular weight is 231 g/mol. The molecule has 0 spiro atoms. The highest BCUT2D eigenvalue weighted by Gasteiger charge is 2.10. The lowest BCUT2D eigenvalue weighted by Crippen LogP contribution is -2.01. The minimum absolute atomic E-state index is 0.373. The Kier molecular flexibility index (Phi) is 3.09. The van der Waals surface area contributed by atoms with Crippen molar-refractivity contribution in [2.75, 3.05) is 5.32 Å². The monoisotopic (exact) mass is 231 g/mol. The predicted octanol–water partition coefficient (Wildman–Crippen LogP) is 2.48. The van der Waals surface area contributed by atoms with Crippen molar-refractivity contribution in [1.29, 1.82) is 0 Å². The van der Waals surface area contributed by atoms with Crippen LogP contribution in [0.3, 0.4) is 0 Å². The summed E-state index contributed by atoms with van der Waals surface area (Å²) in [6.07, 6.45) is 5.21. The van der Waals surface area contributed by atoms with Crippen molar-refractivity contribution in [3.05, 3.63) is 47.7 Å². The zero-order chi connectivity index (χ0) is 12.3. The molecule has 0 atom stereocenters. The molecule has 0 saturated heterocycles. The molecule has 0 fully saturated rings. The molecule has 5 heteroatoms. The van der Waals surface area contributed by atoms with Gasteiger partial charge in [-0.05, 0) is 19.1 Å². The maximum absolute atomic E-state index is 13.4. The minimum Gasteiger partial charge on any atom is -0.338 e. The van der Waals surface area contributed by atoms with E-state index < -0.39 is 0 Å². The number of carbonyl (C=O) groups is 1. The number of anilines is 2. The van der Waals surface area contributed by atoms with Crippen LogP contribution in [-0.4, -0.2) is 16.3 Å². The first kappa shape index (κ1) is 11.2. The van der Waals surface area contributed by atoms with E-state index in [4.69, 9.17) is 0 Å². The number of aldehydes is 1. The Morgan fingerprint density at radius 1 is 1.35 bits per heavy atom. The number of rotatable bonds is 3. The van der Waals surface area contributed by atoms with Crippen LogP contribution in [0, 0.1) is 12.7 Å². The van der Waals surface area contributed by atoms with E-state index in [9.17, 15) is 9.18 Å². The van der Waals surface area contributed by atoms with Gasteiger partial charge in [-0.2, -0.15) is 0 Å². The van der Waals surface area contributed by atoms with E-state index in [0.29, 0.717) is 28.9 Å². The lowest BCUT2D eigenvalue weighted by molar-refractivity contribution is 0.112. The van der Waals surface area contributed by atoms with Crippen molar-refractivity contribution in [2.45, 2.75) is 6.92 Å². The fourth-order valence-electron chi connectivity index (χ4n) is 1.46. The van der Waals surface area contributed by atoms with Crippen LogP contribution < -0.4 is 5.32 Å². The van der Waals surface area contributed by atoms with Crippen LogP contribution in [-0.2, 0) is 0 Å². The molecule has 0 amide bonds. The molecule has 0 aliphatic rings. The summed E-state index contributed by atoms with van der Waals surface area (Å²) in [6, 6.07) is 2.69.